The number of aromatic nitrogens is 3. The lowest BCUT2D eigenvalue weighted by molar-refractivity contribution is 0.670. The van der Waals surface area contributed by atoms with E-state index in [0.717, 1.165) is 49.8 Å². The molecule has 2 heterocycles. The molecule has 0 saturated heterocycles. The number of hydrogen-bond acceptors (Lipinski definition) is 4. The number of nitrogens with zero attached hydrogens (tertiary/aromatic N) is 3. The molecule has 0 bridgehead atoms. The van der Waals surface area contributed by atoms with E-state index in [0.29, 0.717) is 17.5 Å². The fourth-order valence-corrected chi connectivity index (χ4v) is 4.63. The predicted molar refractivity (Wildman–Crippen MR) is 152 cm³/mol. The van der Waals surface area contributed by atoms with Crippen molar-refractivity contribution >= 4 is 27.5 Å². The van der Waals surface area contributed by atoms with Crippen molar-refractivity contribution in [2.45, 2.75) is 13.8 Å². The smallest absolute Gasteiger partial charge is 0.164 e. The van der Waals surface area contributed by atoms with Gasteiger partial charge in [0.15, 0.2) is 17.5 Å². The fraction of sp³-hybridized carbons (Fsp3) is 0.0606. The summed E-state index contributed by atoms with van der Waals surface area (Å²) in [7, 11) is 0. The van der Waals surface area contributed by atoms with E-state index in [2.05, 4.69) is 36.4 Å². The van der Waals surface area contributed by atoms with Crippen LogP contribution in [0, 0.1) is 0 Å². The highest BCUT2D eigenvalue weighted by Gasteiger charge is 2.15. The molecule has 4 heteroatoms. The van der Waals surface area contributed by atoms with Gasteiger partial charge in [-0.25, -0.2) is 15.0 Å². The second-order valence-electron chi connectivity index (χ2n) is 8.78. The molecule has 0 aliphatic heterocycles. The summed E-state index contributed by atoms with van der Waals surface area (Å²) in [6, 6.07) is 32.8. The maximum atomic E-state index is 6.30. The Morgan fingerprint density at radius 1 is 0.649 bits per heavy atom. The van der Waals surface area contributed by atoms with Gasteiger partial charge in [-0.3, -0.25) is 0 Å². The quantitative estimate of drug-likeness (QED) is 0.232. The summed E-state index contributed by atoms with van der Waals surface area (Å²) in [5.74, 6) is 1.93. The molecule has 0 aliphatic rings. The number of allylic oxidation sites excluding steroid dienone is 4. The first kappa shape index (κ1) is 22.6. The molecule has 4 nitrogen and oxygen atoms in total. The highest BCUT2D eigenvalue weighted by Crippen LogP contribution is 2.36. The van der Waals surface area contributed by atoms with E-state index in [-0.39, 0.29) is 0 Å². The van der Waals surface area contributed by atoms with Crippen LogP contribution in [0.15, 0.2) is 120 Å². The zero-order chi connectivity index (χ0) is 25.2. The third kappa shape index (κ3) is 4.23. The lowest BCUT2D eigenvalue weighted by atomic mass is 10.00. The van der Waals surface area contributed by atoms with Crippen LogP contribution in [0.4, 0.5) is 0 Å². The van der Waals surface area contributed by atoms with Crippen molar-refractivity contribution in [3.05, 3.63) is 121 Å². The molecule has 0 unspecified atom stereocenters. The first-order valence-corrected chi connectivity index (χ1v) is 12.4. The standard InChI is InChI=1S/C33H25N3O/c1-3-12-22(4-2)31-34-32(23-13-6-5-7-14-23)36-33(35-31)25-16-10-15-24(21-25)26-18-11-19-28-27-17-8-9-20-29(27)37-30(26)28/h3-21H,1-2H3/b12-3-,22-4+. The second kappa shape index (κ2) is 9.67. The topological polar surface area (TPSA) is 51.8 Å². The van der Waals surface area contributed by atoms with E-state index < -0.39 is 0 Å². The number of rotatable bonds is 5. The molecule has 37 heavy (non-hydrogen) atoms. The summed E-state index contributed by atoms with van der Waals surface area (Å²) < 4.78 is 6.30. The summed E-state index contributed by atoms with van der Waals surface area (Å²) in [5, 5.41) is 2.23. The van der Waals surface area contributed by atoms with Crippen LogP contribution < -0.4 is 0 Å². The molecule has 0 fully saturated rings. The molecule has 6 rings (SSSR count). The molecular formula is C33H25N3O. The number of fused-ring (bicyclic) bond motifs is 3. The number of benzene rings is 4. The van der Waals surface area contributed by atoms with Gasteiger partial charge in [-0.05, 0) is 31.5 Å². The Morgan fingerprint density at radius 3 is 2.14 bits per heavy atom. The SMILES string of the molecule is C/C=C\C(=C/C)c1nc(-c2ccccc2)nc(-c2cccc(-c3cccc4c3oc3ccccc34)c2)n1. The molecule has 178 valence electrons. The number of furan rings is 1. The average Bonchev–Trinajstić information content (AvgIpc) is 3.35. The van der Waals surface area contributed by atoms with Gasteiger partial charge in [0.2, 0.25) is 0 Å². The maximum Gasteiger partial charge on any atom is 0.164 e. The minimum atomic E-state index is 0.631. The molecule has 0 amide bonds. The van der Waals surface area contributed by atoms with Gasteiger partial charge >= 0.3 is 0 Å². The summed E-state index contributed by atoms with van der Waals surface area (Å²) >= 11 is 0. The molecule has 0 spiro atoms. The van der Waals surface area contributed by atoms with Gasteiger partial charge in [-0.1, -0.05) is 103 Å². The number of hydrogen-bond donors (Lipinski definition) is 0. The van der Waals surface area contributed by atoms with Crippen molar-refractivity contribution in [3.8, 4) is 33.9 Å². The Bertz CT molecular complexity index is 1800. The average molecular weight is 480 g/mol. The Balaban J connectivity index is 1.52. The van der Waals surface area contributed by atoms with E-state index in [1.165, 1.54) is 0 Å². The summed E-state index contributed by atoms with van der Waals surface area (Å²) in [5.41, 5.74) is 6.67. The van der Waals surface area contributed by atoms with Crippen molar-refractivity contribution in [1.82, 2.24) is 15.0 Å². The third-order valence-electron chi connectivity index (χ3n) is 6.42. The monoisotopic (exact) mass is 479 g/mol. The number of para-hydroxylation sites is 2. The summed E-state index contributed by atoms with van der Waals surface area (Å²) in [6.07, 6.45) is 6.04. The van der Waals surface area contributed by atoms with Crippen LogP contribution in [-0.4, -0.2) is 15.0 Å². The van der Waals surface area contributed by atoms with Crippen LogP contribution in [-0.2, 0) is 0 Å². The van der Waals surface area contributed by atoms with E-state index in [1.54, 1.807) is 0 Å². The van der Waals surface area contributed by atoms with Crippen molar-refractivity contribution in [2.75, 3.05) is 0 Å². The van der Waals surface area contributed by atoms with Crippen LogP contribution in [0.1, 0.15) is 19.7 Å². The van der Waals surface area contributed by atoms with Crippen LogP contribution in [0.25, 0.3) is 61.4 Å². The van der Waals surface area contributed by atoms with E-state index in [4.69, 9.17) is 19.4 Å². The van der Waals surface area contributed by atoms with Crippen molar-refractivity contribution < 1.29 is 4.42 Å². The van der Waals surface area contributed by atoms with Gasteiger partial charge in [0.05, 0.1) is 0 Å². The minimum absolute atomic E-state index is 0.631. The molecule has 4 aromatic carbocycles. The molecule has 0 atom stereocenters. The van der Waals surface area contributed by atoms with Gasteiger partial charge in [-0.2, -0.15) is 0 Å². The Morgan fingerprint density at radius 2 is 1.32 bits per heavy atom. The summed E-state index contributed by atoms with van der Waals surface area (Å²) in [6.45, 7) is 3.99. The van der Waals surface area contributed by atoms with E-state index in [9.17, 15) is 0 Å². The van der Waals surface area contributed by atoms with E-state index in [1.807, 2.05) is 92.7 Å². The third-order valence-corrected chi connectivity index (χ3v) is 6.42. The zero-order valence-electron chi connectivity index (χ0n) is 20.7. The molecule has 0 radical (unpaired) electrons. The molecule has 6 aromatic rings. The fourth-order valence-electron chi connectivity index (χ4n) is 4.63. The first-order valence-electron chi connectivity index (χ1n) is 12.4. The normalized spacial score (nSPS) is 12.1. The zero-order valence-corrected chi connectivity index (χ0v) is 20.7. The van der Waals surface area contributed by atoms with E-state index >= 15 is 0 Å². The lowest BCUT2D eigenvalue weighted by Crippen LogP contribution is -2.02. The Labute approximate surface area is 215 Å². The molecular weight excluding hydrogens is 454 g/mol. The lowest BCUT2D eigenvalue weighted by Gasteiger charge is -2.10. The van der Waals surface area contributed by atoms with Crippen molar-refractivity contribution in [1.29, 1.82) is 0 Å². The van der Waals surface area contributed by atoms with Gasteiger partial charge in [0, 0.05) is 33.0 Å². The Hall–Kier alpha value is -4.83. The highest BCUT2D eigenvalue weighted by atomic mass is 16.3. The maximum absolute atomic E-state index is 6.30. The first-order chi connectivity index (χ1) is 18.2. The van der Waals surface area contributed by atoms with Crippen molar-refractivity contribution in [2.24, 2.45) is 0 Å². The predicted octanol–water partition coefficient (Wildman–Crippen LogP) is 8.75. The Kier molecular flexibility index (Phi) is 5.91. The molecule has 0 aliphatic carbocycles. The summed E-state index contributed by atoms with van der Waals surface area (Å²) in [4.78, 5) is 14.6. The van der Waals surface area contributed by atoms with Gasteiger partial charge in [-0.15, -0.1) is 0 Å². The van der Waals surface area contributed by atoms with Gasteiger partial charge in [0.25, 0.3) is 0 Å². The van der Waals surface area contributed by atoms with Crippen LogP contribution in [0.2, 0.25) is 0 Å². The largest absolute Gasteiger partial charge is 0.455 e. The molecule has 0 N–H and O–H groups in total. The van der Waals surface area contributed by atoms with Crippen molar-refractivity contribution in [3.63, 3.8) is 0 Å². The van der Waals surface area contributed by atoms with Crippen LogP contribution in [0.5, 0.6) is 0 Å². The second-order valence-corrected chi connectivity index (χ2v) is 8.78. The minimum Gasteiger partial charge on any atom is -0.455 e. The van der Waals surface area contributed by atoms with Gasteiger partial charge in [0.1, 0.15) is 11.2 Å². The molecule has 2 aromatic heterocycles. The van der Waals surface area contributed by atoms with Crippen LogP contribution >= 0.6 is 0 Å². The highest BCUT2D eigenvalue weighted by molar-refractivity contribution is 6.09. The molecule has 0 saturated carbocycles. The van der Waals surface area contributed by atoms with Crippen LogP contribution in [0.3, 0.4) is 0 Å². The van der Waals surface area contributed by atoms with Gasteiger partial charge < -0.3 is 4.42 Å².